The lowest BCUT2D eigenvalue weighted by Crippen LogP contribution is -2.22. The first-order valence-electron chi connectivity index (χ1n) is 8.21. The van der Waals surface area contributed by atoms with Crippen LogP contribution >= 0.6 is 35.4 Å². The largest absolute Gasteiger partial charge is 0.488 e. The topological polar surface area (TPSA) is 21.3 Å². The molecule has 3 aromatic carbocycles. The van der Waals surface area contributed by atoms with Crippen molar-refractivity contribution >= 4 is 40.4 Å². The van der Waals surface area contributed by atoms with Crippen LogP contribution in [-0.2, 0) is 13.2 Å². The second-order valence-electron chi connectivity index (χ2n) is 5.84. The van der Waals surface area contributed by atoms with Crippen LogP contribution in [0.3, 0.4) is 0 Å². The van der Waals surface area contributed by atoms with E-state index in [-0.39, 0.29) is 5.82 Å². The van der Waals surface area contributed by atoms with Crippen molar-refractivity contribution in [1.82, 2.24) is 5.32 Å². The number of halogens is 3. The summed E-state index contributed by atoms with van der Waals surface area (Å²) in [5.74, 6) is 0.405. The molecule has 0 amide bonds. The molecule has 0 atom stereocenters. The fourth-order valence-electron chi connectivity index (χ4n) is 2.45. The van der Waals surface area contributed by atoms with Crippen LogP contribution in [0.1, 0.15) is 16.7 Å². The zero-order valence-electron chi connectivity index (χ0n) is 14.2. The van der Waals surface area contributed by atoms with E-state index in [2.05, 4.69) is 5.32 Å². The zero-order chi connectivity index (χ0) is 19.2. The van der Waals surface area contributed by atoms with Crippen LogP contribution in [0, 0.1) is 5.82 Å². The van der Waals surface area contributed by atoms with Gasteiger partial charge < -0.3 is 10.1 Å². The molecule has 3 aromatic rings. The van der Waals surface area contributed by atoms with Gasteiger partial charge in [-0.2, -0.15) is 0 Å². The molecule has 138 valence electrons. The summed E-state index contributed by atoms with van der Waals surface area (Å²) in [6, 6.07) is 19.2. The van der Waals surface area contributed by atoms with Gasteiger partial charge in [-0.15, -0.1) is 0 Å². The first-order chi connectivity index (χ1) is 13.0. The maximum Gasteiger partial charge on any atom is 0.129 e. The van der Waals surface area contributed by atoms with Crippen molar-refractivity contribution in [3.8, 4) is 5.75 Å². The van der Waals surface area contributed by atoms with Gasteiger partial charge in [0.2, 0.25) is 0 Å². The van der Waals surface area contributed by atoms with Crippen molar-refractivity contribution in [1.29, 1.82) is 0 Å². The van der Waals surface area contributed by atoms with Gasteiger partial charge in [0.1, 0.15) is 23.2 Å². The minimum Gasteiger partial charge on any atom is -0.488 e. The maximum absolute atomic E-state index is 13.0. The molecule has 1 N–H and O–H groups in total. The number of hydrogen-bond donors (Lipinski definition) is 1. The minimum absolute atomic E-state index is 0.262. The Hall–Kier alpha value is -2.14. The van der Waals surface area contributed by atoms with E-state index < -0.39 is 0 Å². The lowest BCUT2D eigenvalue weighted by Gasteiger charge is -2.14. The highest BCUT2D eigenvalue weighted by molar-refractivity contribution is 7.80. The number of benzene rings is 3. The summed E-state index contributed by atoms with van der Waals surface area (Å²) in [5, 5.41) is 4.18. The van der Waals surface area contributed by atoms with Crippen molar-refractivity contribution in [3.05, 3.63) is 99.3 Å². The normalized spacial score (nSPS) is 10.5. The van der Waals surface area contributed by atoms with Gasteiger partial charge in [-0.1, -0.05) is 65.8 Å². The smallest absolute Gasteiger partial charge is 0.129 e. The van der Waals surface area contributed by atoms with E-state index in [4.69, 9.17) is 40.2 Å². The molecule has 0 aromatic heterocycles. The summed E-state index contributed by atoms with van der Waals surface area (Å²) in [6.45, 7) is 0.842. The van der Waals surface area contributed by atoms with Crippen LogP contribution in [0.2, 0.25) is 10.0 Å². The van der Waals surface area contributed by atoms with Gasteiger partial charge in [0.25, 0.3) is 0 Å². The van der Waals surface area contributed by atoms with Crippen molar-refractivity contribution < 1.29 is 9.13 Å². The Morgan fingerprint density at radius 3 is 2.37 bits per heavy atom. The van der Waals surface area contributed by atoms with Crippen LogP contribution in [0.25, 0.3) is 0 Å². The highest BCUT2D eigenvalue weighted by Gasteiger charge is 2.09. The Bertz CT molecular complexity index is 947. The highest BCUT2D eigenvalue weighted by Crippen LogP contribution is 2.24. The lowest BCUT2D eigenvalue weighted by molar-refractivity contribution is 0.305. The molecule has 0 fully saturated rings. The summed E-state index contributed by atoms with van der Waals surface area (Å²) in [6.07, 6.45) is 0. The van der Waals surface area contributed by atoms with Gasteiger partial charge in [0, 0.05) is 6.54 Å². The molecule has 0 unspecified atom stereocenters. The van der Waals surface area contributed by atoms with E-state index in [1.807, 2.05) is 30.3 Å². The highest BCUT2D eigenvalue weighted by atomic mass is 35.5. The standard InChI is InChI=1S/C21H16Cl2FNOS/c22-18-10-7-15(11-19(18)23)13-26-20-4-2-1-3-17(20)21(27)25-12-14-5-8-16(24)9-6-14/h1-11H,12-13H2,(H,25,27). The molecule has 0 aliphatic rings. The first-order valence-corrected chi connectivity index (χ1v) is 9.38. The van der Waals surface area contributed by atoms with E-state index in [0.717, 1.165) is 16.7 Å². The quantitative estimate of drug-likeness (QED) is 0.482. The predicted molar refractivity (Wildman–Crippen MR) is 112 cm³/mol. The Morgan fingerprint density at radius 1 is 0.926 bits per heavy atom. The third kappa shape index (κ3) is 5.42. The third-order valence-corrected chi connectivity index (χ3v) is 4.98. The van der Waals surface area contributed by atoms with Crippen LogP contribution in [-0.4, -0.2) is 4.99 Å². The molecule has 0 saturated carbocycles. The molecule has 0 bridgehead atoms. The predicted octanol–water partition coefficient (Wildman–Crippen LogP) is 6.18. The van der Waals surface area contributed by atoms with E-state index in [1.165, 1.54) is 12.1 Å². The molecule has 2 nitrogen and oxygen atoms in total. The number of nitrogens with one attached hydrogen (secondary N) is 1. The van der Waals surface area contributed by atoms with Gasteiger partial charge >= 0.3 is 0 Å². The number of thiocarbonyl (C=S) groups is 1. The minimum atomic E-state index is -0.262. The zero-order valence-corrected chi connectivity index (χ0v) is 16.5. The molecule has 0 aliphatic heterocycles. The number of rotatable bonds is 6. The second-order valence-corrected chi connectivity index (χ2v) is 7.07. The molecular formula is C21H16Cl2FNOS. The molecule has 0 heterocycles. The fourth-order valence-corrected chi connectivity index (χ4v) is 3.01. The number of para-hydroxylation sites is 1. The summed E-state index contributed by atoms with van der Waals surface area (Å²) in [7, 11) is 0. The summed E-state index contributed by atoms with van der Waals surface area (Å²) in [5.41, 5.74) is 2.63. The molecule has 6 heteroatoms. The van der Waals surface area contributed by atoms with Crippen molar-refractivity contribution in [3.63, 3.8) is 0 Å². The van der Waals surface area contributed by atoms with Crippen LogP contribution < -0.4 is 10.1 Å². The van der Waals surface area contributed by atoms with Gasteiger partial charge in [0.05, 0.1) is 15.6 Å². The van der Waals surface area contributed by atoms with E-state index in [0.29, 0.717) is 33.9 Å². The molecule has 27 heavy (non-hydrogen) atoms. The average Bonchev–Trinajstić information content (AvgIpc) is 2.68. The molecule has 0 saturated heterocycles. The summed E-state index contributed by atoms with van der Waals surface area (Å²) >= 11 is 17.5. The fraction of sp³-hybridized carbons (Fsp3) is 0.0952. The average molecular weight is 420 g/mol. The second kappa shape index (κ2) is 9.18. The number of ether oxygens (including phenoxy) is 1. The molecular weight excluding hydrogens is 404 g/mol. The summed E-state index contributed by atoms with van der Waals surface area (Å²) in [4.78, 5) is 0.559. The monoisotopic (exact) mass is 419 g/mol. The lowest BCUT2D eigenvalue weighted by atomic mass is 10.1. The van der Waals surface area contributed by atoms with E-state index in [1.54, 1.807) is 24.3 Å². The van der Waals surface area contributed by atoms with E-state index in [9.17, 15) is 4.39 Å². The van der Waals surface area contributed by atoms with Crippen LogP contribution in [0.4, 0.5) is 4.39 Å². The van der Waals surface area contributed by atoms with Crippen molar-refractivity contribution in [2.75, 3.05) is 0 Å². The van der Waals surface area contributed by atoms with Crippen LogP contribution in [0.5, 0.6) is 5.75 Å². The Balaban J connectivity index is 1.66. The molecule has 0 radical (unpaired) electrons. The van der Waals surface area contributed by atoms with Gasteiger partial charge in [0.15, 0.2) is 0 Å². The summed E-state index contributed by atoms with van der Waals surface area (Å²) < 4.78 is 18.9. The first kappa shape index (κ1) is 19.6. The molecule has 3 rings (SSSR count). The SMILES string of the molecule is Fc1ccc(CNC(=S)c2ccccc2OCc2ccc(Cl)c(Cl)c2)cc1. The van der Waals surface area contributed by atoms with Gasteiger partial charge in [-0.25, -0.2) is 4.39 Å². The molecule has 0 spiro atoms. The van der Waals surface area contributed by atoms with Crippen molar-refractivity contribution in [2.45, 2.75) is 13.2 Å². The third-order valence-electron chi connectivity index (χ3n) is 3.88. The number of hydrogen-bond acceptors (Lipinski definition) is 2. The van der Waals surface area contributed by atoms with Gasteiger partial charge in [-0.3, -0.25) is 0 Å². The Morgan fingerprint density at radius 2 is 1.63 bits per heavy atom. The Kier molecular flexibility index (Phi) is 6.67. The van der Waals surface area contributed by atoms with E-state index >= 15 is 0 Å². The van der Waals surface area contributed by atoms with Gasteiger partial charge in [-0.05, 0) is 47.5 Å². The molecule has 0 aliphatic carbocycles. The van der Waals surface area contributed by atoms with Crippen LogP contribution in [0.15, 0.2) is 66.7 Å². The van der Waals surface area contributed by atoms with Crippen molar-refractivity contribution in [2.24, 2.45) is 0 Å². The maximum atomic E-state index is 13.0. The Labute approximate surface area is 172 Å².